The molecule has 0 aliphatic heterocycles. The Morgan fingerprint density at radius 1 is 1.28 bits per heavy atom. The van der Waals surface area contributed by atoms with Gasteiger partial charge in [-0.05, 0) is 18.2 Å². The minimum Gasteiger partial charge on any atom is -0.336 e. The molecule has 0 radical (unpaired) electrons. The molecule has 0 aliphatic rings. The van der Waals surface area contributed by atoms with Gasteiger partial charge < -0.3 is 4.98 Å². The van der Waals surface area contributed by atoms with Crippen molar-refractivity contribution in [2.75, 3.05) is 6.26 Å². The van der Waals surface area contributed by atoms with E-state index in [2.05, 4.69) is 25.4 Å². The van der Waals surface area contributed by atoms with Crippen LogP contribution in [0.15, 0.2) is 29.3 Å². The highest BCUT2D eigenvalue weighted by Gasteiger charge is 2.11. The molecule has 0 spiro atoms. The fraction of sp³-hybridized carbons (Fsp3) is 0.100. The van der Waals surface area contributed by atoms with Gasteiger partial charge in [0.15, 0.2) is 15.7 Å². The highest BCUT2D eigenvalue weighted by molar-refractivity contribution is 7.90. The second-order valence-electron chi connectivity index (χ2n) is 3.89. The molecular weight excluding hydrogens is 254 g/mol. The van der Waals surface area contributed by atoms with Crippen LogP contribution in [0.3, 0.4) is 0 Å². The molecule has 8 heteroatoms. The second-order valence-corrected chi connectivity index (χ2v) is 5.91. The molecule has 0 unspecified atom stereocenters. The first-order valence-electron chi connectivity index (χ1n) is 5.10. The van der Waals surface area contributed by atoms with Crippen molar-refractivity contribution < 1.29 is 8.42 Å². The first-order chi connectivity index (χ1) is 8.54. The number of nitrogens with zero attached hydrogens (tertiary/aromatic N) is 3. The highest BCUT2D eigenvalue weighted by Crippen LogP contribution is 2.20. The number of aromatic amines is 2. The van der Waals surface area contributed by atoms with Crippen LogP contribution in [0, 0.1) is 0 Å². The van der Waals surface area contributed by atoms with E-state index < -0.39 is 9.84 Å². The van der Waals surface area contributed by atoms with E-state index in [1.54, 1.807) is 12.1 Å². The normalized spacial score (nSPS) is 12.1. The third kappa shape index (κ3) is 1.76. The smallest absolute Gasteiger partial charge is 0.175 e. The zero-order valence-corrected chi connectivity index (χ0v) is 10.2. The molecular formula is C10H9N5O2S. The van der Waals surface area contributed by atoms with E-state index in [4.69, 9.17) is 0 Å². The molecule has 92 valence electrons. The Morgan fingerprint density at radius 2 is 2.11 bits per heavy atom. The number of H-pyrrole nitrogens is 2. The Labute approximate surface area is 102 Å². The SMILES string of the molecule is CS(=O)(=O)c1ccc2nc(-c3cn[nH]n3)[nH]c2c1. The highest BCUT2D eigenvalue weighted by atomic mass is 32.2. The zero-order chi connectivity index (χ0) is 12.8. The van der Waals surface area contributed by atoms with Crippen LogP contribution in [0.1, 0.15) is 0 Å². The van der Waals surface area contributed by atoms with Crippen LogP contribution in [0.2, 0.25) is 0 Å². The van der Waals surface area contributed by atoms with Crippen molar-refractivity contribution in [2.45, 2.75) is 4.90 Å². The van der Waals surface area contributed by atoms with Crippen molar-refractivity contribution in [1.82, 2.24) is 25.4 Å². The van der Waals surface area contributed by atoms with Gasteiger partial charge in [-0.2, -0.15) is 15.4 Å². The Hall–Kier alpha value is -2.22. The number of fused-ring (bicyclic) bond motifs is 1. The molecule has 0 aliphatic carbocycles. The summed E-state index contributed by atoms with van der Waals surface area (Å²) in [5.41, 5.74) is 1.91. The number of benzene rings is 1. The molecule has 1 aromatic carbocycles. The van der Waals surface area contributed by atoms with Crippen molar-refractivity contribution >= 4 is 20.9 Å². The Morgan fingerprint density at radius 3 is 2.78 bits per heavy atom. The summed E-state index contributed by atoms with van der Waals surface area (Å²) in [6, 6.07) is 4.75. The molecule has 0 atom stereocenters. The maximum atomic E-state index is 11.5. The first-order valence-corrected chi connectivity index (χ1v) is 6.99. The summed E-state index contributed by atoms with van der Waals surface area (Å²) in [5, 5.41) is 10.1. The third-order valence-electron chi connectivity index (χ3n) is 2.54. The minimum absolute atomic E-state index is 0.255. The van der Waals surface area contributed by atoms with Crippen LogP contribution >= 0.6 is 0 Å². The lowest BCUT2D eigenvalue weighted by Crippen LogP contribution is -1.96. The summed E-state index contributed by atoms with van der Waals surface area (Å²) in [7, 11) is -3.22. The lowest BCUT2D eigenvalue weighted by molar-refractivity contribution is 0.602. The molecule has 2 N–H and O–H groups in total. The maximum Gasteiger partial charge on any atom is 0.175 e. The molecule has 2 heterocycles. The summed E-state index contributed by atoms with van der Waals surface area (Å²) in [4.78, 5) is 7.57. The molecule has 3 aromatic rings. The molecule has 2 aromatic heterocycles. The van der Waals surface area contributed by atoms with Crippen LogP contribution in [-0.2, 0) is 9.84 Å². The van der Waals surface area contributed by atoms with Crippen molar-refractivity contribution in [3.05, 3.63) is 24.4 Å². The van der Waals surface area contributed by atoms with Gasteiger partial charge in [-0.15, -0.1) is 0 Å². The van der Waals surface area contributed by atoms with Crippen LogP contribution in [0.5, 0.6) is 0 Å². The number of rotatable bonds is 2. The standard InChI is InChI=1S/C10H9N5O2S/c1-18(16,17)6-2-3-7-8(4-6)13-10(12-7)9-5-11-15-14-9/h2-5H,1H3,(H,12,13)(H,11,14,15). The van der Waals surface area contributed by atoms with Gasteiger partial charge in [-0.3, -0.25) is 0 Å². The Kier molecular flexibility index (Phi) is 2.20. The summed E-state index contributed by atoms with van der Waals surface area (Å²) in [6.45, 7) is 0. The summed E-state index contributed by atoms with van der Waals surface area (Å²) < 4.78 is 22.9. The number of sulfone groups is 1. The van der Waals surface area contributed by atoms with Gasteiger partial charge >= 0.3 is 0 Å². The van der Waals surface area contributed by atoms with E-state index in [1.165, 1.54) is 18.5 Å². The number of aromatic nitrogens is 5. The van der Waals surface area contributed by atoms with E-state index >= 15 is 0 Å². The fourth-order valence-electron chi connectivity index (χ4n) is 1.66. The van der Waals surface area contributed by atoms with Gasteiger partial charge in [0.05, 0.1) is 22.1 Å². The lowest BCUT2D eigenvalue weighted by Gasteiger charge is -1.96. The van der Waals surface area contributed by atoms with Crippen LogP contribution in [0.4, 0.5) is 0 Å². The maximum absolute atomic E-state index is 11.5. The summed E-state index contributed by atoms with van der Waals surface area (Å²) in [5.74, 6) is 0.546. The van der Waals surface area contributed by atoms with Gasteiger partial charge in [0.2, 0.25) is 0 Å². The molecule has 0 saturated heterocycles. The van der Waals surface area contributed by atoms with E-state index in [9.17, 15) is 8.42 Å². The predicted molar refractivity (Wildman–Crippen MR) is 64.6 cm³/mol. The molecule has 3 rings (SSSR count). The second kappa shape index (κ2) is 3.64. The third-order valence-corrected chi connectivity index (χ3v) is 3.65. The molecule has 0 fully saturated rings. The number of nitrogens with one attached hydrogen (secondary N) is 2. The van der Waals surface area contributed by atoms with Crippen LogP contribution in [-0.4, -0.2) is 40.1 Å². The number of hydrogen-bond acceptors (Lipinski definition) is 5. The van der Waals surface area contributed by atoms with E-state index in [-0.39, 0.29) is 4.90 Å². The van der Waals surface area contributed by atoms with Crippen molar-refractivity contribution in [3.8, 4) is 11.5 Å². The van der Waals surface area contributed by atoms with Gasteiger partial charge in [-0.25, -0.2) is 13.4 Å². The molecule has 0 saturated carbocycles. The van der Waals surface area contributed by atoms with Gasteiger partial charge in [0.25, 0.3) is 0 Å². The lowest BCUT2D eigenvalue weighted by atomic mass is 10.3. The molecule has 18 heavy (non-hydrogen) atoms. The number of imidazole rings is 1. The zero-order valence-electron chi connectivity index (χ0n) is 9.38. The average Bonchev–Trinajstić information content (AvgIpc) is 2.95. The largest absolute Gasteiger partial charge is 0.336 e. The van der Waals surface area contributed by atoms with Gasteiger partial charge in [0.1, 0.15) is 5.69 Å². The predicted octanol–water partition coefficient (Wildman–Crippen LogP) is 0.751. The molecule has 0 amide bonds. The van der Waals surface area contributed by atoms with Crippen molar-refractivity contribution in [2.24, 2.45) is 0 Å². The average molecular weight is 263 g/mol. The summed E-state index contributed by atoms with van der Waals surface area (Å²) in [6.07, 6.45) is 2.71. The first kappa shape index (κ1) is 10.9. The van der Waals surface area contributed by atoms with Crippen molar-refractivity contribution in [1.29, 1.82) is 0 Å². The Balaban J connectivity index is 2.19. The van der Waals surface area contributed by atoms with E-state index in [0.717, 1.165) is 0 Å². The van der Waals surface area contributed by atoms with Gasteiger partial charge in [-0.1, -0.05) is 0 Å². The number of hydrogen-bond donors (Lipinski definition) is 2. The van der Waals surface area contributed by atoms with Crippen LogP contribution < -0.4 is 0 Å². The topological polar surface area (TPSA) is 104 Å². The molecule has 7 nitrogen and oxygen atoms in total. The van der Waals surface area contributed by atoms with Gasteiger partial charge in [0, 0.05) is 6.26 Å². The molecule has 0 bridgehead atoms. The minimum atomic E-state index is -3.22. The summed E-state index contributed by atoms with van der Waals surface area (Å²) >= 11 is 0. The monoisotopic (exact) mass is 263 g/mol. The van der Waals surface area contributed by atoms with Crippen molar-refractivity contribution in [3.63, 3.8) is 0 Å². The fourth-order valence-corrected chi connectivity index (χ4v) is 2.30. The van der Waals surface area contributed by atoms with E-state index in [1.807, 2.05) is 0 Å². The Bertz CT molecular complexity index is 804. The van der Waals surface area contributed by atoms with Crippen LogP contribution in [0.25, 0.3) is 22.6 Å². The van der Waals surface area contributed by atoms with E-state index in [0.29, 0.717) is 22.6 Å². The quantitative estimate of drug-likeness (QED) is 0.710.